The summed E-state index contributed by atoms with van der Waals surface area (Å²) in [4.78, 5) is 0. The molecule has 5 rings (SSSR count). The van der Waals surface area contributed by atoms with Crippen molar-refractivity contribution in [1.82, 2.24) is 10.2 Å². The van der Waals surface area contributed by atoms with Crippen molar-refractivity contribution in [3.8, 4) is 23.4 Å². The number of nitrogens with one attached hydrogen (secondary N) is 1. The zero-order valence-corrected chi connectivity index (χ0v) is 18.3. The molecule has 1 aliphatic rings. The van der Waals surface area contributed by atoms with Gasteiger partial charge in [-0.25, -0.2) is 0 Å². The number of methoxy groups -OCH3 is 1. The molecule has 3 N–H and O–H groups in total. The van der Waals surface area contributed by atoms with Crippen LogP contribution >= 0.6 is 0 Å². The van der Waals surface area contributed by atoms with Gasteiger partial charge in [-0.3, -0.25) is 5.10 Å². The third-order valence-electron chi connectivity index (χ3n) is 5.91. The summed E-state index contributed by atoms with van der Waals surface area (Å²) in [5.41, 5.74) is 9.87. The fraction of sp³-hybridized carbons (Fsp3) is 0.154. The molecule has 7 heteroatoms. The first-order valence-corrected chi connectivity index (χ1v) is 10.5. The molecule has 0 aliphatic carbocycles. The van der Waals surface area contributed by atoms with E-state index in [2.05, 4.69) is 40.5 Å². The number of rotatable bonds is 5. The molecule has 0 saturated heterocycles. The first-order chi connectivity index (χ1) is 16.1. The maximum Gasteiger partial charge on any atom is 0.244 e. The van der Waals surface area contributed by atoms with Crippen LogP contribution < -0.4 is 19.9 Å². The molecule has 0 spiro atoms. The van der Waals surface area contributed by atoms with E-state index in [9.17, 15) is 5.26 Å². The van der Waals surface area contributed by atoms with Crippen molar-refractivity contribution < 1.29 is 14.2 Å². The summed E-state index contributed by atoms with van der Waals surface area (Å²) in [7, 11) is 1.60. The van der Waals surface area contributed by atoms with Gasteiger partial charge in [0.1, 0.15) is 18.2 Å². The number of nitrogens with zero attached hydrogens (tertiary/aromatic N) is 2. The third kappa shape index (κ3) is 3.52. The van der Waals surface area contributed by atoms with Crippen LogP contribution in [0.15, 0.2) is 72.1 Å². The van der Waals surface area contributed by atoms with Crippen molar-refractivity contribution in [2.24, 2.45) is 5.73 Å². The maximum absolute atomic E-state index is 9.77. The molecular formula is C26H22N4O3. The molecule has 7 nitrogen and oxygen atoms in total. The Hall–Kier alpha value is -4.44. The van der Waals surface area contributed by atoms with Crippen LogP contribution in [0.5, 0.6) is 17.4 Å². The Morgan fingerprint density at radius 1 is 1.12 bits per heavy atom. The lowest BCUT2D eigenvalue weighted by molar-refractivity contribution is 0.285. The summed E-state index contributed by atoms with van der Waals surface area (Å²) in [6.45, 7) is 2.28. The first-order valence-electron chi connectivity index (χ1n) is 10.5. The molecule has 2 heterocycles. The summed E-state index contributed by atoms with van der Waals surface area (Å²) in [5.74, 6) is 1.19. The molecule has 0 bridgehead atoms. The number of allylic oxidation sites excluding steroid dienone is 1. The van der Waals surface area contributed by atoms with Gasteiger partial charge in [-0.2, -0.15) is 5.26 Å². The van der Waals surface area contributed by atoms with Crippen LogP contribution in [0.2, 0.25) is 0 Å². The summed E-state index contributed by atoms with van der Waals surface area (Å²) < 4.78 is 17.3. The van der Waals surface area contributed by atoms with Gasteiger partial charge in [0.15, 0.2) is 11.5 Å². The molecule has 3 aromatic carbocycles. The van der Waals surface area contributed by atoms with Crippen LogP contribution in [0.25, 0.3) is 10.8 Å². The Morgan fingerprint density at radius 3 is 2.76 bits per heavy atom. The monoisotopic (exact) mass is 438 g/mol. The van der Waals surface area contributed by atoms with Crippen LogP contribution in [0.4, 0.5) is 0 Å². The number of nitrogens with two attached hydrogens (primary N) is 1. The van der Waals surface area contributed by atoms with Gasteiger partial charge in [0.2, 0.25) is 11.8 Å². The van der Waals surface area contributed by atoms with Crippen molar-refractivity contribution >= 4 is 10.8 Å². The first kappa shape index (κ1) is 20.5. The van der Waals surface area contributed by atoms with Gasteiger partial charge in [-0.1, -0.05) is 48.5 Å². The number of fused-ring (bicyclic) bond motifs is 2. The van der Waals surface area contributed by atoms with E-state index in [1.807, 2.05) is 43.3 Å². The topological polar surface area (TPSA) is 106 Å². The second kappa shape index (κ2) is 8.24. The molecule has 1 aromatic heterocycles. The number of aryl methyl sites for hydroxylation is 1. The quantitative estimate of drug-likeness (QED) is 0.469. The Morgan fingerprint density at radius 2 is 1.94 bits per heavy atom. The second-order valence-corrected chi connectivity index (χ2v) is 7.83. The van der Waals surface area contributed by atoms with Crippen molar-refractivity contribution in [3.05, 3.63) is 94.5 Å². The Balaban J connectivity index is 1.49. The minimum atomic E-state index is -0.418. The van der Waals surface area contributed by atoms with Crippen molar-refractivity contribution in [1.29, 1.82) is 5.26 Å². The standard InChI is InChI=1S/C26H22N4O3/c1-15-23-24(20(13-27)25(28)33-26(23)30-29-15)17-10-11-21(22(12-17)31-2)32-14-18-8-5-7-16-6-3-4-9-19(16)18/h3-12,24H,14,28H2,1-2H3,(H,29,30)/t24-/m0/s1. The van der Waals surface area contributed by atoms with Gasteiger partial charge in [0, 0.05) is 11.3 Å². The molecule has 1 atom stereocenters. The van der Waals surface area contributed by atoms with Gasteiger partial charge < -0.3 is 19.9 Å². The van der Waals surface area contributed by atoms with Crippen LogP contribution in [-0.2, 0) is 6.61 Å². The van der Waals surface area contributed by atoms with Gasteiger partial charge in [-0.15, -0.1) is 5.10 Å². The number of aromatic amines is 1. The minimum absolute atomic E-state index is 0.0525. The fourth-order valence-electron chi connectivity index (χ4n) is 4.29. The van der Waals surface area contributed by atoms with Crippen LogP contribution in [0.3, 0.4) is 0 Å². The smallest absolute Gasteiger partial charge is 0.244 e. The predicted octanol–water partition coefficient (Wildman–Crippen LogP) is 4.68. The van der Waals surface area contributed by atoms with E-state index in [4.69, 9.17) is 19.9 Å². The summed E-state index contributed by atoms with van der Waals surface area (Å²) in [6, 6.07) is 22.2. The number of hydrogen-bond acceptors (Lipinski definition) is 6. The summed E-state index contributed by atoms with van der Waals surface area (Å²) >= 11 is 0. The van der Waals surface area contributed by atoms with E-state index in [0.717, 1.165) is 27.8 Å². The molecule has 164 valence electrons. The number of nitriles is 1. The van der Waals surface area contributed by atoms with Crippen LogP contribution in [0, 0.1) is 18.3 Å². The highest BCUT2D eigenvalue weighted by Gasteiger charge is 2.34. The number of aromatic nitrogens is 2. The molecule has 4 aromatic rings. The van der Waals surface area contributed by atoms with Crippen molar-refractivity contribution in [2.45, 2.75) is 19.4 Å². The largest absolute Gasteiger partial charge is 0.493 e. The molecule has 0 fully saturated rings. The van der Waals surface area contributed by atoms with Gasteiger partial charge in [0.25, 0.3) is 0 Å². The Kier molecular flexibility index (Phi) is 5.11. The molecule has 0 saturated carbocycles. The molecule has 0 unspecified atom stereocenters. The highest BCUT2D eigenvalue weighted by atomic mass is 16.5. The lowest BCUT2D eigenvalue weighted by Crippen LogP contribution is -2.21. The summed E-state index contributed by atoms with van der Waals surface area (Å²) in [5, 5.41) is 19.2. The van der Waals surface area contributed by atoms with Gasteiger partial charge in [0.05, 0.1) is 13.0 Å². The average Bonchev–Trinajstić information content (AvgIpc) is 3.21. The number of ether oxygens (including phenoxy) is 3. The lowest BCUT2D eigenvalue weighted by Gasteiger charge is -2.24. The van der Waals surface area contributed by atoms with Crippen molar-refractivity contribution in [3.63, 3.8) is 0 Å². The molecule has 33 heavy (non-hydrogen) atoms. The van der Waals surface area contributed by atoms with E-state index in [1.165, 1.54) is 5.39 Å². The predicted molar refractivity (Wildman–Crippen MR) is 124 cm³/mol. The van der Waals surface area contributed by atoms with Crippen LogP contribution in [0.1, 0.15) is 28.3 Å². The number of benzene rings is 3. The van der Waals surface area contributed by atoms with E-state index in [1.54, 1.807) is 7.11 Å². The van der Waals surface area contributed by atoms with E-state index >= 15 is 0 Å². The molecule has 1 aliphatic heterocycles. The fourth-order valence-corrected chi connectivity index (χ4v) is 4.29. The minimum Gasteiger partial charge on any atom is -0.493 e. The average molecular weight is 438 g/mol. The molecule has 0 amide bonds. The lowest BCUT2D eigenvalue weighted by atomic mass is 9.84. The summed E-state index contributed by atoms with van der Waals surface area (Å²) in [6.07, 6.45) is 0. The Labute approximate surface area is 191 Å². The van der Waals surface area contributed by atoms with E-state index in [0.29, 0.717) is 29.6 Å². The zero-order chi connectivity index (χ0) is 22.9. The normalized spacial score (nSPS) is 15.0. The maximum atomic E-state index is 9.77. The highest BCUT2D eigenvalue weighted by Crippen LogP contribution is 2.44. The zero-order valence-electron chi connectivity index (χ0n) is 18.3. The van der Waals surface area contributed by atoms with Gasteiger partial charge in [-0.05, 0) is 41.0 Å². The SMILES string of the molecule is COc1cc([C@H]2C(C#N)=C(N)Oc3n[nH]c(C)c32)ccc1OCc1cccc2ccccc12. The number of hydrogen-bond donors (Lipinski definition) is 2. The molecule has 0 radical (unpaired) electrons. The van der Waals surface area contributed by atoms with Crippen molar-refractivity contribution in [2.75, 3.05) is 7.11 Å². The number of H-pyrrole nitrogens is 1. The third-order valence-corrected chi connectivity index (χ3v) is 5.91. The second-order valence-electron chi connectivity index (χ2n) is 7.83. The van der Waals surface area contributed by atoms with Gasteiger partial charge >= 0.3 is 0 Å². The molecular weight excluding hydrogens is 416 g/mol. The van der Waals surface area contributed by atoms with E-state index < -0.39 is 5.92 Å². The van der Waals surface area contributed by atoms with Crippen LogP contribution in [-0.4, -0.2) is 17.3 Å². The Bertz CT molecular complexity index is 1430. The van der Waals surface area contributed by atoms with E-state index in [-0.39, 0.29) is 5.88 Å². The highest BCUT2D eigenvalue weighted by molar-refractivity contribution is 5.85.